The summed E-state index contributed by atoms with van der Waals surface area (Å²) in [5, 5.41) is 19.3. The van der Waals surface area contributed by atoms with Crippen LogP contribution in [0.3, 0.4) is 0 Å². The number of aromatic amines is 2. The van der Waals surface area contributed by atoms with E-state index in [1.165, 1.54) is 6.07 Å². The second-order valence-corrected chi connectivity index (χ2v) is 8.49. The maximum atomic E-state index is 13.1. The number of H-pyrrole nitrogens is 2. The molecule has 0 atom stereocenters. The lowest BCUT2D eigenvalue weighted by Crippen LogP contribution is -2.25. The van der Waals surface area contributed by atoms with Gasteiger partial charge in [-0.2, -0.15) is 10.4 Å². The first-order valence-corrected chi connectivity index (χ1v) is 11.8. The Morgan fingerprint density at radius 3 is 2.53 bits per heavy atom. The number of hydrogen-bond donors (Lipinski definition) is 3. The number of methoxy groups -OCH3 is 1. The van der Waals surface area contributed by atoms with Gasteiger partial charge in [-0.3, -0.25) is 14.7 Å². The van der Waals surface area contributed by atoms with Crippen molar-refractivity contribution in [1.82, 2.24) is 20.5 Å². The number of hydrogen-bond acceptors (Lipinski definition) is 6. The van der Waals surface area contributed by atoms with Crippen molar-refractivity contribution < 1.29 is 18.7 Å². The predicted molar refractivity (Wildman–Crippen MR) is 137 cm³/mol. The van der Waals surface area contributed by atoms with Crippen LogP contribution in [0.5, 0.6) is 5.75 Å². The predicted octanol–water partition coefficient (Wildman–Crippen LogP) is 3.53. The van der Waals surface area contributed by atoms with Crippen molar-refractivity contribution in [2.24, 2.45) is 0 Å². The lowest BCUT2D eigenvalue weighted by molar-refractivity contribution is 0.0944. The van der Waals surface area contributed by atoms with Gasteiger partial charge in [-0.05, 0) is 29.3 Å². The standard InChI is InChI=1S/C28H26FN5O4/c1-37-16-24-22(13-19-9-7-18(8-10-19)12-20-5-3-11-31-27(20)35)26(34-33-24)28(36)32-15-23-21(14-30)4-2-6-25(23)38-17-29/h2-11H,12-13,15-17H2,1H3,(H,31,35)(H,32,36)(H,33,34). The van der Waals surface area contributed by atoms with Crippen molar-refractivity contribution in [3.05, 3.63) is 116 Å². The van der Waals surface area contributed by atoms with E-state index in [2.05, 4.69) is 20.5 Å². The third-order valence-electron chi connectivity index (χ3n) is 6.04. The molecule has 4 aromatic rings. The Bertz CT molecular complexity index is 1500. The van der Waals surface area contributed by atoms with Gasteiger partial charge in [0.1, 0.15) is 5.75 Å². The molecule has 38 heavy (non-hydrogen) atoms. The number of benzene rings is 2. The Morgan fingerprint density at radius 2 is 1.84 bits per heavy atom. The molecule has 0 fully saturated rings. The molecule has 0 spiro atoms. The summed E-state index contributed by atoms with van der Waals surface area (Å²) < 4.78 is 23.1. The Labute approximate surface area is 218 Å². The van der Waals surface area contributed by atoms with Crippen LogP contribution >= 0.6 is 0 Å². The van der Waals surface area contributed by atoms with Crippen LogP contribution < -0.4 is 15.6 Å². The third-order valence-corrected chi connectivity index (χ3v) is 6.04. The van der Waals surface area contributed by atoms with Crippen molar-refractivity contribution in [3.63, 3.8) is 0 Å². The first-order chi connectivity index (χ1) is 18.5. The largest absolute Gasteiger partial charge is 0.463 e. The van der Waals surface area contributed by atoms with Crippen molar-refractivity contribution in [2.75, 3.05) is 14.0 Å². The highest BCUT2D eigenvalue weighted by atomic mass is 19.1. The zero-order valence-electron chi connectivity index (χ0n) is 20.7. The smallest absolute Gasteiger partial charge is 0.272 e. The summed E-state index contributed by atoms with van der Waals surface area (Å²) in [7, 11) is 1.55. The van der Waals surface area contributed by atoms with E-state index in [0.29, 0.717) is 35.2 Å². The molecule has 0 aliphatic carbocycles. The van der Waals surface area contributed by atoms with Gasteiger partial charge in [0.05, 0.1) is 23.9 Å². The van der Waals surface area contributed by atoms with Gasteiger partial charge in [-0.15, -0.1) is 0 Å². The summed E-state index contributed by atoms with van der Waals surface area (Å²) in [6.07, 6.45) is 2.52. The number of carbonyl (C=O) groups is 1. The summed E-state index contributed by atoms with van der Waals surface area (Å²) in [5.74, 6) is -0.274. The minimum atomic E-state index is -1.06. The van der Waals surface area contributed by atoms with Gasteiger partial charge in [0.25, 0.3) is 11.5 Å². The van der Waals surface area contributed by atoms with Gasteiger partial charge in [-0.25, -0.2) is 4.39 Å². The maximum absolute atomic E-state index is 13.1. The summed E-state index contributed by atoms with van der Waals surface area (Å²) in [6.45, 7) is -0.867. The van der Waals surface area contributed by atoms with E-state index >= 15 is 0 Å². The quantitative estimate of drug-likeness (QED) is 0.280. The maximum Gasteiger partial charge on any atom is 0.272 e. The van der Waals surface area contributed by atoms with E-state index < -0.39 is 12.8 Å². The highest BCUT2D eigenvalue weighted by Gasteiger charge is 2.21. The van der Waals surface area contributed by atoms with Crippen molar-refractivity contribution in [3.8, 4) is 11.8 Å². The van der Waals surface area contributed by atoms with Gasteiger partial charge in [-0.1, -0.05) is 36.4 Å². The SMILES string of the molecule is COCc1[nH]nc(C(=O)NCc2c(C#N)cccc2OCF)c1Cc1ccc(Cc2ccc[nH]c2=O)cc1. The molecule has 2 aromatic heterocycles. The van der Waals surface area contributed by atoms with Crippen LogP contribution in [0.15, 0.2) is 65.6 Å². The Kier molecular flexibility index (Phi) is 8.64. The monoisotopic (exact) mass is 515 g/mol. The van der Waals surface area contributed by atoms with Gasteiger partial charge in [0.2, 0.25) is 6.86 Å². The molecule has 194 valence electrons. The molecule has 0 radical (unpaired) electrons. The zero-order chi connectivity index (χ0) is 26.9. The van der Waals surface area contributed by atoms with E-state index in [9.17, 15) is 19.2 Å². The highest BCUT2D eigenvalue weighted by Crippen LogP contribution is 2.23. The molecule has 0 saturated heterocycles. The number of rotatable bonds is 11. The molecular weight excluding hydrogens is 489 g/mol. The fraction of sp³-hybridized carbons (Fsp3) is 0.214. The van der Waals surface area contributed by atoms with Crippen LogP contribution in [0.2, 0.25) is 0 Å². The molecule has 0 unspecified atom stereocenters. The molecule has 1 amide bonds. The number of halogens is 1. The number of pyridine rings is 1. The number of carbonyl (C=O) groups excluding carboxylic acids is 1. The molecule has 10 heteroatoms. The van der Waals surface area contributed by atoms with Crippen LogP contribution in [0.1, 0.15) is 49.6 Å². The van der Waals surface area contributed by atoms with Crippen molar-refractivity contribution >= 4 is 5.91 Å². The highest BCUT2D eigenvalue weighted by molar-refractivity contribution is 5.94. The average molecular weight is 516 g/mol. The third kappa shape index (κ3) is 6.14. The number of alkyl halides is 1. The fourth-order valence-corrected chi connectivity index (χ4v) is 4.14. The van der Waals surface area contributed by atoms with Crippen molar-refractivity contribution in [2.45, 2.75) is 26.0 Å². The molecule has 2 aromatic carbocycles. The Hall–Kier alpha value is -4.75. The van der Waals surface area contributed by atoms with Gasteiger partial charge in [0, 0.05) is 49.4 Å². The first-order valence-electron chi connectivity index (χ1n) is 11.8. The van der Waals surface area contributed by atoms with E-state index in [1.807, 2.05) is 30.3 Å². The average Bonchev–Trinajstić information content (AvgIpc) is 3.32. The van der Waals surface area contributed by atoms with Crippen LogP contribution in [-0.2, 0) is 30.7 Å². The van der Waals surface area contributed by atoms with Gasteiger partial charge >= 0.3 is 0 Å². The molecule has 0 saturated carbocycles. The summed E-state index contributed by atoms with van der Waals surface area (Å²) in [6, 6.07) is 18.1. The molecule has 4 rings (SSSR count). The van der Waals surface area contributed by atoms with E-state index in [4.69, 9.17) is 9.47 Å². The molecule has 0 aliphatic rings. The number of aromatic nitrogens is 3. The molecule has 0 aliphatic heterocycles. The van der Waals surface area contributed by atoms with E-state index in [1.54, 1.807) is 37.6 Å². The van der Waals surface area contributed by atoms with Gasteiger partial charge < -0.3 is 19.8 Å². The second kappa shape index (κ2) is 12.5. The van der Waals surface area contributed by atoms with Crippen LogP contribution in [0, 0.1) is 11.3 Å². The Balaban J connectivity index is 1.52. The zero-order valence-corrected chi connectivity index (χ0v) is 20.7. The normalized spacial score (nSPS) is 10.7. The summed E-state index contributed by atoms with van der Waals surface area (Å²) >= 11 is 0. The van der Waals surface area contributed by atoms with E-state index in [0.717, 1.165) is 11.1 Å². The molecular formula is C28H26FN5O4. The number of nitrogens with zero attached hydrogens (tertiary/aromatic N) is 2. The number of nitrogens with one attached hydrogen (secondary N) is 3. The number of ether oxygens (including phenoxy) is 2. The fourth-order valence-electron chi connectivity index (χ4n) is 4.14. The molecule has 2 heterocycles. The van der Waals surface area contributed by atoms with Gasteiger partial charge in [0.15, 0.2) is 5.69 Å². The molecule has 9 nitrogen and oxygen atoms in total. The van der Waals surface area contributed by atoms with Crippen LogP contribution in [-0.4, -0.2) is 35.1 Å². The molecule has 0 bridgehead atoms. The summed E-state index contributed by atoms with van der Waals surface area (Å²) in [4.78, 5) is 27.8. The van der Waals surface area contributed by atoms with Crippen LogP contribution in [0.25, 0.3) is 0 Å². The Morgan fingerprint density at radius 1 is 1.08 bits per heavy atom. The number of amides is 1. The van der Waals surface area contributed by atoms with E-state index in [-0.39, 0.29) is 35.7 Å². The van der Waals surface area contributed by atoms with Crippen molar-refractivity contribution in [1.29, 1.82) is 5.26 Å². The lowest BCUT2D eigenvalue weighted by atomic mass is 9.99. The minimum absolute atomic E-state index is 0.0445. The molecule has 3 N–H and O–H groups in total. The first kappa shape index (κ1) is 26.3. The lowest BCUT2D eigenvalue weighted by Gasteiger charge is -2.12. The minimum Gasteiger partial charge on any atom is -0.463 e. The summed E-state index contributed by atoms with van der Waals surface area (Å²) in [5.41, 5.74) is 4.66. The topological polar surface area (TPSA) is 133 Å². The number of nitriles is 1. The second-order valence-electron chi connectivity index (χ2n) is 8.49. The van der Waals surface area contributed by atoms with Crippen LogP contribution in [0.4, 0.5) is 4.39 Å².